The molecule has 0 heterocycles. The highest BCUT2D eigenvalue weighted by Crippen LogP contribution is 2.21. The highest BCUT2D eigenvalue weighted by atomic mass is 16.5. The van der Waals surface area contributed by atoms with Gasteiger partial charge in [-0.2, -0.15) is 0 Å². The smallest absolute Gasteiger partial charge is 0.0955 e. The lowest BCUT2D eigenvalue weighted by Gasteiger charge is -2.22. The zero-order valence-electron chi connectivity index (χ0n) is 10.8. The molecule has 1 rings (SSSR count). The lowest BCUT2D eigenvalue weighted by atomic mass is 10.0. The van der Waals surface area contributed by atoms with Crippen molar-refractivity contribution in [1.29, 1.82) is 0 Å². The van der Waals surface area contributed by atoms with E-state index in [9.17, 15) is 0 Å². The molecule has 0 amide bonds. The number of rotatable bonds is 6. The summed E-state index contributed by atoms with van der Waals surface area (Å²) in [5.41, 5.74) is 2.59. The predicted molar refractivity (Wildman–Crippen MR) is 68.7 cm³/mol. The van der Waals surface area contributed by atoms with E-state index in [0.717, 1.165) is 13.1 Å². The molecule has 16 heavy (non-hydrogen) atoms. The number of likely N-dealkylation sites (N-methyl/N-ethyl adjacent to an activating group) is 1. The Morgan fingerprint density at radius 3 is 2.50 bits per heavy atom. The Kier molecular flexibility index (Phi) is 5.50. The van der Waals surface area contributed by atoms with Crippen molar-refractivity contribution in [2.75, 3.05) is 13.1 Å². The fourth-order valence-electron chi connectivity index (χ4n) is 1.78. The summed E-state index contributed by atoms with van der Waals surface area (Å²) in [5, 5.41) is 3.35. The van der Waals surface area contributed by atoms with E-state index in [1.807, 2.05) is 0 Å². The van der Waals surface area contributed by atoms with E-state index >= 15 is 0 Å². The van der Waals surface area contributed by atoms with Crippen molar-refractivity contribution >= 4 is 0 Å². The fourth-order valence-corrected chi connectivity index (χ4v) is 1.78. The van der Waals surface area contributed by atoms with Crippen LogP contribution >= 0.6 is 0 Å². The van der Waals surface area contributed by atoms with Crippen molar-refractivity contribution in [3.8, 4) is 0 Å². The van der Waals surface area contributed by atoms with E-state index in [4.69, 9.17) is 4.74 Å². The van der Waals surface area contributed by atoms with E-state index in [1.165, 1.54) is 11.1 Å². The molecular formula is C14H23NO. The molecule has 0 saturated carbocycles. The van der Waals surface area contributed by atoms with Gasteiger partial charge in [-0.05, 0) is 38.4 Å². The van der Waals surface area contributed by atoms with E-state index < -0.39 is 0 Å². The summed E-state index contributed by atoms with van der Waals surface area (Å²) in [6.45, 7) is 10.3. The molecule has 0 radical (unpaired) electrons. The fraction of sp³-hybridized carbons (Fsp3) is 0.571. The minimum absolute atomic E-state index is 0.154. The van der Waals surface area contributed by atoms with Crippen molar-refractivity contribution in [3.63, 3.8) is 0 Å². The van der Waals surface area contributed by atoms with E-state index in [-0.39, 0.29) is 12.2 Å². The highest BCUT2D eigenvalue weighted by Gasteiger charge is 2.14. The summed E-state index contributed by atoms with van der Waals surface area (Å²) in [4.78, 5) is 0. The van der Waals surface area contributed by atoms with Gasteiger partial charge in [-0.3, -0.25) is 0 Å². The van der Waals surface area contributed by atoms with E-state index in [1.54, 1.807) is 0 Å². The number of hydrogen-bond donors (Lipinski definition) is 1. The average Bonchev–Trinajstić information content (AvgIpc) is 2.24. The molecule has 0 aliphatic rings. The van der Waals surface area contributed by atoms with E-state index in [0.29, 0.717) is 0 Å². The molecule has 1 aromatic carbocycles. The van der Waals surface area contributed by atoms with Crippen molar-refractivity contribution in [1.82, 2.24) is 5.32 Å². The zero-order valence-corrected chi connectivity index (χ0v) is 10.8. The van der Waals surface area contributed by atoms with Crippen LogP contribution in [0.15, 0.2) is 24.3 Å². The standard InChI is InChI=1S/C14H23NO/c1-5-15-10-14(16-11(2)3)13-9-7-6-8-12(13)4/h6-9,11,14-15H,5,10H2,1-4H3. The van der Waals surface area contributed by atoms with E-state index in [2.05, 4.69) is 57.3 Å². The molecule has 0 aliphatic heterocycles. The largest absolute Gasteiger partial charge is 0.370 e. The van der Waals surface area contributed by atoms with Crippen LogP contribution in [0, 0.1) is 6.92 Å². The Balaban J connectivity index is 2.78. The first-order valence-corrected chi connectivity index (χ1v) is 6.06. The maximum absolute atomic E-state index is 5.96. The Labute approximate surface area is 99.0 Å². The lowest BCUT2D eigenvalue weighted by Crippen LogP contribution is -2.25. The van der Waals surface area contributed by atoms with Gasteiger partial charge >= 0.3 is 0 Å². The first kappa shape index (κ1) is 13.2. The molecule has 2 nitrogen and oxygen atoms in total. The molecule has 0 saturated heterocycles. The van der Waals surface area contributed by atoms with Crippen LogP contribution in [0.2, 0.25) is 0 Å². The van der Waals surface area contributed by atoms with Crippen molar-refractivity contribution in [3.05, 3.63) is 35.4 Å². The summed E-state index contributed by atoms with van der Waals surface area (Å²) in [5.74, 6) is 0. The molecular weight excluding hydrogens is 198 g/mol. The summed E-state index contributed by atoms with van der Waals surface area (Å²) in [7, 11) is 0. The van der Waals surface area contributed by atoms with Gasteiger partial charge in [0.05, 0.1) is 12.2 Å². The SMILES string of the molecule is CCNCC(OC(C)C)c1ccccc1C. The third-order valence-electron chi connectivity index (χ3n) is 2.55. The second-order valence-electron chi connectivity index (χ2n) is 4.34. The van der Waals surface area contributed by atoms with Crippen LogP contribution in [0.4, 0.5) is 0 Å². The van der Waals surface area contributed by atoms with Gasteiger partial charge in [-0.1, -0.05) is 31.2 Å². The normalized spacial score (nSPS) is 13.1. The topological polar surface area (TPSA) is 21.3 Å². The molecule has 0 spiro atoms. The Hall–Kier alpha value is -0.860. The molecule has 0 aliphatic carbocycles. The van der Waals surface area contributed by atoms with Crippen molar-refractivity contribution in [2.24, 2.45) is 0 Å². The average molecular weight is 221 g/mol. The summed E-state index contributed by atoms with van der Waals surface area (Å²) < 4.78 is 5.96. The van der Waals surface area contributed by atoms with Crippen LogP contribution in [0.25, 0.3) is 0 Å². The zero-order chi connectivity index (χ0) is 12.0. The summed E-state index contributed by atoms with van der Waals surface area (Å²) in [6.07, 6.45) is 0.407. The predicted octanol–water partition coefficient (Wildman–Crippen LogP) is 3.07. The number of nitrogens with one attached hydrogen (secondary N) is 1. The molecule has 1 N–H and O–H groups in total. The van der Waals surface area contributed by atoms with Crippen LogP contribution < -0.4 is 5.32 Å². The van der Waals surface area contributed by atoms with Crippen molar-refractivity contribution < 1.29 is 4.74 Å². The number of ether oxygens (including phenoxy) is 1. The third-order valence-corrected chi connectivity index (χ3v) is 2.55. The first-order valence-electron chi connectivity index (χ1n) is 6.06. The molecule has 1 aromatic rings. The van der Waals surface area contributed by atoms with Crippen LogP contribution in [0.1, 0.15) is 38.0 Å². The van der Waals surface area contributed by atoms with Crippen LogP contribution in [0.5, 0.6) is 0 Å². The van der Waals surface area contributed by atoms with Gasteiger partial charge < -0.3 is 10.1 Å². The van der Waals surface area contributed by atoms with Gasteiger partial charge in [-0.25, -0.2) is 0 Å². The number of hydrogen-bond acceptors (Lipinski definition) is 2. The van der Waals surface area contributed by atoms with Gasteiger partial charge in [0.1, 0.15) is 0 Å². The number of aryl methyl sites for hydroxylation is 1. The lowest BCUT2D eigenvalue weighted by molar-refractivity contribution is 0.00708. The molecule has 0 fully saturated rings. The minimum atomic E-state index is 0.154. The summed E-state index contributed by atoms with van der Waals surface area (Å²) in [6, 6.07) is 8.43. The van der Waals surface area contributed by atoms with Gasteiger partial charge in [0.15, 0.2) is 0 Å². The monoisotopic (exact) mass is 221 g/mol. The molecule has 0 aromatic heterocycles. The first-order chi connectivity index (χ1) is 7.65. The Morgan fingerprint density at radius 1 is 1.25 bits per heavy atom. The second kappa shape index (κ2) is 6.66. The molecule has 1 unspecified atom stereocenters. The summed E-state index contributed by atoms with van der Waals surface area (Å²) >= 11 is 0. The van der Waals surface area contributed by atoms with Crippen LogP contribution in [0.3, 0.4) is 0 Å². The third kappa shape index (κ3) is 3.95. The highest BCUT2D eigenvalue weighted by molar-refractivity contribution is 5.28. The van der Waals surface area contributed by atoms with Crippen LogP contribution in [-0.4, -0.2) is 19.2 Å². The molecule has 0 bridgehead atoms. The molecule has 1 atom stereocenters. The van der Waals surface area contributed by atoms with Crippen molar-refractivity contribution in [2.45, 2.75) is 39.9 Å². The second-order valence-corrected chi connectivity index (χ2v) is 4.34. The van der Waals surface area contributed by atoms with Gasteiger partial charge in [0, 0.05) is 6.54 Å². The Bertz CT molecular complexity index is 309. The van der Waals surface area contributed by atoms with Crippen LogP contribution in [-0.2, 0) is 4.74 Å². The van der Waals surface area contributed by atoms with Gasteiger partial charge in [-0.15, -0.1) is 0 Å². The maximum atomic E-state index is 5.96. The van der Waals surface area contributed by atoms with Gasteiger partial charge in [0.2, 0.25) is 0 Å². The quantitative estimate of drug-likeness (QED) is 0.797. The Morgan fingerprint density at radius 2 is 1.94 bits per heavy atom. The number of benzene rings is 1. The maximum Gasteiger partial charge on any atom is 0.0955 e. The van der Waals surface area contributed by atoms with Gasteiger partial charge in [0.25, 0.3) is 0 Å². The molecule has 2 heteroatoms. The molecule has 90 valence electrons. The minimum Gasteiger partial charge on any atom is -0.370 e.